The molecule has 2 amide bonds. The highest BCUT2D eigenvalue weighted by Gasteiger charge is 2.17. The molecule has 0 bridgehead atoms. The number of benzene rings is 1. The number of carbonyl (C=O) groups excluding carboxylic acids is 3. The second kappa shape index (κ2) is 9.89. The molecule has 1 aromatic carbocycles. The molecule has 0 radical (unpaired) electrons. The van der Waals surface area contributed by atoms with Gasteiger partial charge in [-0.05, 0) is 32.9 Å². The van der Waals surface area contributed by atoms with Crippen molar-refractivity contribution in [1.82, 2.24) is 5.32 Å². The first-order chi connectivity index (χ1) is 10.9. The zero-order chi connectivity index (χ0) is 17.2. The molecule has 1 atom stereocenters. The third kappa shape index (κ3) is 7.69. The maximum Gasteiger partial charge on any atom is 0.316 e. The van der Waals surface area contributed by atoms with Gasteiger partial charge in [-0.25, -0.2) is 0 Å². The van der Waals surface area contributed by atoms with E-state index in [-0.39, 0.29) is 23.3 Å². The van der Waals surface area contributed by atoms with Crippen molar-refractivity contribution in [2.24, 2.45) is 0 Å². The molecule has 126 valence electrons. The number of hydrogen-bond donors (Lipinski definition) is 2. The average Bonchev–Trinajstić information content (AvgIpc) is 2.49. The van der Waals surface area contributed by atoms with E-state index >= 15 is 0 Å². The van der Waals surface area contributed by atoms with E-state index < -0.39 is 12.1 Å². The average molecular weight is 338 g/mol. The van der Waals surface area contributed by atoms with Gasteiger partial charge < -0.3 is 15.4 Å². The number of esters is 1. The second-order valence-corrected chi connectivity index (χ2v) is 5.92. The third-order valence-electron chi connectivity index (χ3n) is 2.82. The van der Waals surface area contributed by atoms with E-state index in [1.165, 1.54) is 6.92 Å². The summed E-state index contributed by atoms with van der Waals surface area (Å²) in [5.41, 5.74) is 1.83. The summed E-state index contributed by atoms with van der Waals surface area (Å²) < 4.78 is 4.97. The molecule has 7 heteroatoms. The fourth-order valence-corrected chi connectivity index (χ4v) is 2.26. The van der Waals surface area contributed by atoms with E-state index in [0.29, 0.717) is 12.2 Å². The Balaban J connectivity index is 2.25. The summed E-state index contributed by atoms with van der Waals surface area (Å²) in [6.45, 7) is 5.75. The summed E-state index contributed by atoms with van der Waals surface area (Å²) in [4.78, 5) is 34.8. The Morgan fingerprint density at radius 2 is 1.83 bits per heavy atom. The van der Waals surface area contributed by atoms with Gasteiger partial charge in [0.15, 0.2) is 6.10 Å². The maximum absolute atomic E-state index is 11.7. The lowest BCUT2D eigenvalue weighted by molar-refractivity contribution is -0.152. The van der Waals surface area contributed by atoms with Gasteiger partial charge in [0.25, 0.3) is 5.91 Å². The fourth-order valence-electron chi connectivity index (χ4n) is 1.66. The highest BCUT2D eigenvalue weighted by molar-refractivity contribution is 8.00. The van der Waals surface area contributed by atoms with Gasteiger partial charge in [-0.3, -0.25) is 14.4 Å². The minimum Gasteiger partial charge on any atom is -0.452 e. The number of thioether (sulfide) groups is 1. The first-order valence-corrected chi connectivity index (χ1v) is 8.49. The van der Waals surface area contributed by atoms with Gasteiger partial charge in [0.2, 0.25) is 5.91 Å². The maximum atomic E-state index is 11.7. The number of ether oxygens (including phenoxy) is 1. The third-order valence-corrected chi connectivity index (χ3v) is 3.72. The van der Waals surface area contributed by atoms with Crippen LogP contribution >= 0.6 is 11.8 Å². The summed E-state index contributed by atoms with van der Waals surface area (Å²) in [5.74, 6) is -0.882. The summed E-state index contributed by atoms with van der Waals surface area (Å²) in [5, 5.41) is 5.31. The summed E-state index contributed by atoms with van der Waals surface area (Å²) in [6.07, 6.45) is -0.829. The first-order valence-electron chi connectivity index (χ1n) is 7.33. The van der Waals surface area contributed by atoms with Gasteiger partial charge >= 0.3 is 5.97 Å². The number of rotatable bonds is 8. The van der Waals surface area contributed by atoms with Gasteiger partial charge in [0, 0.05) is 12.2 Å². The molecule has 0 saturated heterocycles. The van der Waals surface area contributed by atoms with Crippen LogP contribution in [0.5, 0.6) is 0 Å². The molecule has 1 aromatic rings. The van der Waals surface area contributed by atoms with Crippen molar-refractivity contribution >= 4 is 35.2 Å². The predicted molar refractivity (Wildman–Crippen MR) is 91.4 cm³/mol. The second-order valence-electron chi connectivity index (χ2n) is 4.93. The molecule has 0 heterocycles. The highest BCUT2D eigenvalue weighted by atomic mass is 32.2. The van der Waals surface area contributed by atoms with Crippen LogP contribution in [0, 0.1) is 6.92 Å². The molecular weight excluding hydrogens is 316 g/mol. The van der Waals surface area contributed by atoms with Crippen molar-refractivity contribution in [3.8, 4) is 0 Å². The number of likely N-dealkylation sites (N-methyl/N-ethyl adjacent to an activating group) is 1. The van der Waals surface area contributed by atoms with Crippen LogP contribution in [0.3, 0.4) is 0 Å². The van der Waals surface area contributed by atoms with Crippen molar-refractivity contribution in [1.29, 1.82) is 0 Å². The van der Waals surface area contributed by atoms with Crippen molar-refractivity contribution in [2.75, 3.05) is 23.4 Å². The largest absolute Gasteiger partial charge is 0.452 e. The Kier molecular flexibility index (Phi) is 8.18. The van der Waals surface area contributed by atoms with Crippen molar-refractivity contribution in [3.63, 3.8) is 0 Å². The topological polar surface area (TPSA) is 84.5 Å². The normalized spacial score (nSPS) is 11.4. The summed E-state index contributed by atoms with van der Waals surface area (Å²) >= 11 is 1.14. The molecule has 0 fully saturated rings. The SMILES string of the molecule is CCNC(=O)[C@@H](C)OC(=O)CSCC(=O)Nc1ccc(C)cc1. The Morgan fingerprint density at radius 1 is 1.17 bits per heavy atom. The van der Waals surface area contributed by atoms with E-state index in [0.717, 1.165) is 17.3 Å². The predicted octanol–water partition coefficient (Wildman–Crippen LogP) is 1.73. The van der Waals surface area contributed by atoms with Crippen LogP contribution in [0.1, 0.15) is 19.4 Å². The Hall–Kier alpha value is -2.02. The standard InChI is InChI=1S/C16H22N2O4S/c1-4-17-16(21)12(3)22-15(20)10-23-9-14(19)18-13-7-5-11(2)6-8-13/h5-8,12H,4,9-10H2,1-3H3,(H,17,21)(H,18,19)/t12-/m1/s1. The van der Waals surface area contributed by atoms with Crippen LogP contribution in [-0.4, -0.2) is 41.9 Å². The molecule has 0 unspecified atom stereocenters. The number of amides is 2. The summed E-state index contributed by atoms with van der Waals surface area (Å²) in [6, 6.07) is 7.45. The molecule has 2 N–H and O–H groups in total. The van der Waals surface area contributed by atoms with Crippen LogP contribution in [0.4, 0.5) is 5.69 Å². The number of anilines is 1. The molecule has 0 aliphatic heterocycles. The van der Waals surface area contributed by atoms with E-state index in [1.54, 1.807) is 6.92 Å². The van der Waals surface area contributed by atoms with E-state index in [4.69, 9.17) is 4.74 Å². The van der Waals surface area contributed by atoms with Crippen LogP contribution in [-0.2, 0) is 19.1 Å². The monoisotopic (exact) mass is 338 g/mol. The number of carbonyl (C=O) groups is 3. The Bertz CT molecular complexity index is 546. The number of aryl methyl sites for hydroxylation is 1. The Labute approximate surface area is 140 Å². The van der Waals surface area contributed by atoms with Gasteiger partial charge in [-0.2, -0.15) is 0 Å². The molecular formula is C16H22N2O4S. The fraction of sp³-hybridized carbons (Fsp3) is 0.438. The van der Waals surface area contributed by atoms with Gasteiger partial charge in [-0.15, -0.1) is 11.8 Å². The quantitative estimate of drug-likeness (QED) is 0.705. The minimum atomic E-state index is -0.829. The molecule has 0 aliphatic carbocycles. The highest BCUT2D eigenvalue weighted by Crippen LogP contribution is 2.10. The number of hydrogen-bond acceptors (Lipinski definition) is 5. The van der Waals surface area contributed by atoms with E-state index in [1.807, 2.05) is 31.2 Å². The molecule has 1 rings (SSSR count). The summed E-state index contributed by atoms with van der Waals surface area (Å²) in [7, 11) is 0. The van der Waals surface area contributed by atoms with Crippen LogP contribution < -0.4 is 10.6 Å². The minimum absolute atomic E-state index is 0.0189. The first kappa shape index (κ1) is 19.0. The molecule has 0 spiro atoms. The molecule has 0 aliphatic rings. The lowest BCUT2D eigenvalue weighted by Gasteiger charge is -2.12. The van der Waals surface area contributed by atoms with Crippen molar-refractivity contribution in [2.45, 2.75) is 26.9 Å². The molecule has 0 saturated carbocycles. The van der Waals surface area contributed by atoms with E-state index in [2.05, 4.69) is 10.6 Å². The Morgan fingerprint density at radius 3 is 2.43 bits per heavy atom. The lowest BCUT2D eigenvalue weighted by atomic mass is 10.2. The van der Waals surface area contributed by atoms with Gasteiger partial charge in [0.05, 0.1) is 11.5 Å². The zero-order valence-electron chi connectivity index (χ0n) is 13.5. The van der Waals surface area contributed by atoms with Crippen molar-refractivity contribution in [3.05, 3.63) is 29.8 Å². The van der Waals surface area contributed by atoms with Crippen LogP contribution in [0.25, 0.3) is 0 Å². The van der Waals surface area contributed by atoms with Gasteiger partial charge in [0.1, 0.15) is 0 Å². The van der Waals surface area contributed by atoms with Crippen LogP contribution in [0.15, 0.2) is 24.3 Å². The molecule has 6 nitrogen and oxygen atoms in total. The van der Waals surface area contributed by atoms with Crippen LogP contribution in [0.2, 0.25) is 0 Å². The molecule has 0 aromatic heterocycles. The smallest absolute Gasteiger partial charge is 0.316 e. The molecule has 23 heavy (non-hydrogen) atoms. The number of nitrogens with one attached hydrogen (secondary N) is 2. The lowest BCUT2D eigenvalue weighted by Crippen LogP contribution is -2.36. The van der Waals surface area contributed by atoms with Gasteiger partial charge in [-0.1, -0.05) is 17.7 Å². The van der Waals surface area contributed by atoms with E-state index in [9.17, 15) is 14.4 Å². The zero-order valence-corrected chi connectivity index (χ0v) is 14.4. The van der Waals surface area contributed by atoms with Crippen molar-refractivity contribution < 1.29 is 19.1 Å².